The van der Waals surface area contributed by atoms with Crippen molar-refractivity contribution in [2.45, 2.75) is 26.7 Å². The van der Waals surface area contributed by atoms with Gasteiger partial charge in [0.1, 0.15) is 5.75 Å². The number of hydrogen-bond acceptors (Lipinski definition) is 3. The molecule has 0 bridgehead atoms. The van der Waals surface area contributed by atoms with Crippen LogP contribution in [0.2, 0.25) is 0 Å². The molecule has 0 aromatic heterocycles. The Morgan fingerprint density at radius 3 is 2.44 bits per heavy atom. The van der Waals surface area contributed by atoms with Crippen LogP contribution in [-0.4, -0.2) is 19.2 Å². The minimum absolute atomic E-state index is 0.267. The second-order valence-corrected chi connectivity index (χ2v) is 3.45. The van der Waals surface area contributed by atoms with Gasteiger partial charge < -0.3 is 9.47 Å². The van der Waals surface area contributed by atoms with Crippen molar-refractivity contribution < 1.29 is 14.3 Å². The number of carbonyl (C=O) groups is 1. The molecule has 0 saturated heterocycles. The molecule has 0 aliphatic carbocycles. The van der Waals surface area contributed by atoms with Gasteiger partial charge in [-0.1, -0.05) is 13.3 Å². The lowest BCUT2D eigenvalue weighted by Crippen LogP contribution is -2.06. The van der Waals surface area contributed by atoms with Crippen LogP contribution in [0.4, 0.5) is 0 Å². The normalized spacial score (nSPS) is 9.88. The summed E-state index contributed by atoms with van der Waals surface area (Å²) >= 11 is 0. The predicted molar refractivity (Wildman–Crippen MR) is 62.8 cm³/mol. The summed E-state index contributed by atoms with van der Waals surface area (Å²) in [7, 11) is 0. The molecule has 0 spiro atoms. The Bertz CT molecular complexity index is 316. The third kappa shape index (κ3) is 3.93. The Labute approximate surface area is 96.4 Å². The summed E-state index contributed by atoms with van der Waals surface area (Å²) in [4.78, 5) is 11.5. The summed E-state index contributed by atoms with van der Waals surface area (Å²) in [6.07, 6.45) is 1.93. The van der Waals surface area contributed by atoms with Crippen molar-refractivity contribution in [3.8, 4) is 5.75 Å². The van der Waals surface area contributed by atoms with Crippen LogP contribution in [0.5, 0.6) is 5.75 Å². The van der Waals surface area contributed by atoms with Crippen LogP contribution in [-0.2, 0) is 4.74 Å². The van der Waals surface area contributed by atoms with Gasteiger partial charge in [-0.2, -0.15) is 0 Å². The molecule has 1 aromatic carbocycles. The number of unbranched alkanes of at least 4 members (excludes halogenated alkanes) is 1. The van der Waals surface area contributed by atoms with Crippen molar-refractivity contribution in [3.63, 3.8) is 0 Å². The molecule has 0 fully saturated rings. The Morgan fingerprint density at radius 2 is 1.88 bits per heavy atom. The molecule has 0 radical (unpaired) electrons. The number of rotatable bonds is 6. The number of carbonyl (C=O) groups excluding carboxylic acids is 1. The number of hydrogen-bond donors (Lipinski definition) is 0. The first-order chi connectivity index (χ1) is 7.77. The predicted octanol–water partition coefficient (Wildman–Crippen LogP) is 3.04. The summed E-state index contributed by atoms with van der Waals surface area (Å²) < 4.78 is 10.4. The lowest BCUT2D eigenvalue weighted by molar-refractivity contribution is 0.0499. The average Bonchev–Trinajstić information content (AvgIpc) is 2.30. The second kappa shape index (κ2) is 6.88. The first-order valence-electron chi connectivity index (χ1n) is 5.68. The van der Waals surface area contributed by atoms with E-state index in [1.165, 1.54) is 0 Å². The topological polar surface area (TPSA) is 35.5 Å². The van der Waals surface area contributed by atoms with E-state index in [0.29, 0.717) is 18.8 Å². The highest BCUT2D eigenvalue weighted by atomic mass is 16.5. The van der Waals surface area contributed by atoms with Crippen LogP contribution >= 0.6 is 0 Å². The monoisotopic (exact) mass is 222 g/mol. The Morgan fingerprint density at radius 1 is 1.19 bits per heavy atom. The van der Waals surface area contributed by atoms with Crippen molar-refractivity contribution in [3.05, 3.63) is 29.8 Å². The number of ether oxygens (including phenoxy) is 2. The summed E-state index contributed by atoms with van der Waals surface area (Å²) in [6, 6.07) is 7.00. The highest BCUT2D eigenvalue weighted by Gasteiger charge is 2.06. The molecule has 0 saturated carbocycles. The van der Waals surface area contributed by atoms with Gasteiger partial charge in [0.05, 0.1) is 18.8 Å². The van der Waals surface area contributed by atoms with Crippen molar-refractivity contribution in [1.29, 1.82) is 0 Å². The fourth-order valence-corrected chi connectivity index (χ4v) is 1.25. The minimum atomic E-state index is -0.267. The van der Waals surface area contributed by atoms with E-state index in [1.54, 1.807) is 24.3 Å². The van der Waals surface area contributed by atoms with Crippen LogP contribution in [0.3, 0.4) is 0 Å². The molecule has 3 nitrogen and oxygen atoms in total. The Hall–Kier alpha value is -1.51. The van der Waals surface area contributed by atoms with Crippen molar-refractivity contribution in [2.24, 2.45) is 0 Å². The van der Waals surface area contributed by atoms with Crippen LogP contribution in [0, 0.1) is 0 Å². The third-order valence-corrected chi connectivity index (χ3v) is 2.13. The quantitative estimate of drug-likeness (QED) is 0.548. The lowest BCUT2D eigenvalue weighted by Gasteiger charge is -2.05. The van der Waals surface area contributed by atoms with E-state index < -0.39 is 0 Å². The van der Waals surface area contributed by atoms with Crippen LogP contribution in [0.1, 0.15) is 37.0 Å². The SMILES string of the molecule is CCCCOC(=O)c1ccc(OCC)cc1. The molecule has 3 heteroatoms. The van der Waals surface area contributed by atoms with Gasteiger partial charge in [-0.15, -0.1) is 0 Å². The molecule has 0 aliphatic rings. The summed E-state index contributed by atoms with van der Waals surface area (Å²) in [6.45, 7) is 5.10. The lowest BCUT2D eigenvalue weighted by atomic mass is 10.2. The molecule has 16 heavy (non-hydrogen) atoms. The van der Waals surface area contributed by atoms with E-state index in [-0.39, 0.29) is 5.97 Å². The van der Waals surface area contributed by atoms with E-state index in [9.17, 15) is 4.79 Å². The van der Waals surface area contributed by atoms with E-state index in [4.69, 9.17) is 9.47 Å². The van der Waals surface area contributed by atoms with Gasteiger partial charge in [0.15, 0.2) is 0 Å². The molecule has 0 aliphatic heterocycles. The van der Waals surface area contributed by atoms with E-state index in [2.05, 4.69) is 6.92 Å². The molecule has 0 atom stereocenters. The summed E-state index contributed by atoms with van der Waals surface area (Å²) in [5.74, 6) is 0.504. The van der Waals surface area contributed by atoms with Gasteiger partial charge in [-0.25, -0.2) is 4.79 Å². The molecular formula is C13H18O3. The Kier molecular flexibility index (Phi) is 5.40. The zero-order valence-corrected chi connectivity index (χ0v) is 9.86. The highest BCUT2D eigenvalue weighted by Crippen LogP contribution is 2.12. The maximum absolute atomic E-state index is 11.5. The highest BCUT2D eigenvalue weighted by molar-refractivity contribution is 5.89. The van der Waals surface area contributed by atoms with Crippen LogP contribution < -0.4 is 4.74 Å². The third-order valence-electron chi connectivity index (χ3n) is 2.13. The number of esters is 1. The maximum atomic E-state index is 11.5. The van der Waals surface area contributed by atoms with Crippen LogP contribution in [0.15, 0.2) is 24.3 Å². The van der Waals surface area contributed by atoms with Gasteiger partial charge in [-0.05, 0) is 37.6 Å². The van der Waals surface area contributed by atoms with Crippen molar-refractivity contribution in [1.82, 2.24) is 0 Å². The largest absolute Gasteiger partial charge is 0.494 e. The fraction of sp³-hybridized carbons (Fsp3) is 0.462. The first-order valence-corrected chi connectivity index (χ1v) is 5.68. The fourth-order valence-electron chi connectivity index (χ4n) is 1.25. The van der Waals surface area contributed by atoms with E-state index in [0.717, 1.165) is 18.6 Å². The van der Waals surface area contributed by atoms with Crippen molar-refractivity contribution in [2.75, 3.05) is 13.2 Å². The van der Waals surface area contributed by atoms with Gasteiger partial charge in [0, 0.05) is 0 Å². The van der Waals surface area contributed by atoms with E-state index >= 15 is 0 Å². The summed E-state index contributed by atoms with van der Waals surface area (Å²) in [5.41, 5.74) is 0.569. The molecule has 1 aromatic rings. The average molecular weight is 222 g/mol. The molecule has 0 heterocycles. The van der Waals surface area contributed by atoms with E-state index in [1.807, 2.05) is 6.92 Å². The zero-order valence-electron chi connectivity index (χ0n) is 9.86. The van der Waals surface area contributed by atoms with Crippen LogP contribution in [0.25, 0.3) is 0 Å². The van der Waals surface area contributed by atoms with Gasteiger partial charge in [0.2, 0.25) is 0 Å². The molecule has 0 unspecified atom stereocenters. The Balaban J connectivity index is 2.49. The van der Waals surface area contributed by atoms with Gasteiger partial charge >= 0.3 is 5.97 Å². The zero-order chi connectivity index (χ0) is 11.8. The molecular weight excluding hydrogens is 204 g/mol. The standard InChI is InChI=1S/C13H18O3/c1-3-5-10-16-13(14)11-6-8-12(9-7-11)15-4-2/h6-9H,3-5,10H2,1-2H3. The summed E-state index contributed by atoms with van der Waals surface area (Å²) in [5, 5.41) is 0. The molecule has 88 valence electrons. The molecule has 0 amide bonds. The minimum Gasteiger partial charge on any atom is -0.494 e. The molecule has 1 rings (SSSR count). The van der Waals surface area contributed by atoms with Crippen molar-refractivity contribution >= 4 is 5.97 Å². The van der Waals surface area contributed by atoms with Gasteiger partial charge in [-0.3, -0.25) is 0 Å². The second-order valence-electron chi connectivity index (χ2n) is 3.45. The maximum Gasteiger partial charge on any atom is 0.338 e. The first kappa shape index (κ1) is 12.6. The molecule has 0 N–H and O–H groups in total. The smallest absolute Gasteiger partial charge is 0.338 e. The number of benzene rings is 1. The van der Waals surface area contributed by atoms with Gasteiger partial charge in [0.25, 0.3) is 0 Å².